The first-order chi connectivity index (χ1) is 9.47. The Labute approximate surface area is 128 Å². The molecular weight excluding hydrogens is 318 g/mol. The summed E-state index contributed by atoms with van der Waals surface area (Å²) >= 11 is 3.61. The zero-order chi connectivity index (χ0) is 14.9. The third kappa shape index (κ3) is 2.69. The number of aryl methyl sites for hydroxylation is 3. The van der Waals surface area contributed by atoms with E-state index in [2.05, 4.69) is 40.2 Å². The number of hydrogen-bond donors (Lipinski definition) is 1. The van der Waals surface area contributed by atoms with Gasteiger partial charge in [0.25, 0.3) is 0 Å². The third-order valence-electron chi connectivity index (χ3n) is 3.72. The normalized spacial score (nSPS) is 12.9. The van der Waals surface area contributed by atoms with E-state index in [0.717, 1.165) is 34.7 Å². The van der Waals surface area contributed by atoms with Crippen LogP contribution in [-0.4, -0.2) is 16.3 Å². The van der Waals surface area contributed by atoms with Gasteiger partial charge in [-0.15, -0.1) is 0 Å². The highest BCUT2D eigenvalue weighted by Crippen LogP contribution is 2.34. The highest BCUT2D eigenvalue weighted by molar-refractivity contribution is 9.10. The SMILES string of the molecule is CCCNC(c1c(C)oc(C)c1C)c1c(Br)cnn1C. The van der Waals surface area contributed by atoms with E-state index < -0.39 is 0 Å². The fourth-order valence-corrected chi connectivity index (χ4v) is 3.18. The predicted molar refractivity (Wildman–Crippen MR) is 84.0 cm³/mol. The zero-order valence-corrected chi connectivity index (χ0v) is 14.3. The van der Waals surface area contributed by atoms with Crippen molar-refractivity contribution in [2.24, 2.45) is 7.05 Å². The van der Waals surface area contributed by atoms with Crippen molar-refractivity contribution >= 4 is 15.9 Å². The average Bonchev–Trinajstić information content (AvgIpc) is 2.85. The molecule has 0 radical (unpaired) electrons. The maximum Gasteiger partial charge on any atom is 0.106 e. The van der Waals surface area contributed by atoms with Gasteiger partial charge < -0.3 is 9.73 Å². The molecule has 5 heteroatoms. The maximum absolute atomic E-state index is 5.80. The quantitative estimate of drug-likeness (QED) is 0.901. The van der Waals surface area contributed by atoms with Crippen molar-refractivity contribution in [3.05, 3.63) is 39.0 Å². The molecule has 0 aromatic carbocycles. The molecule has 2 rings (SSSR count). The Balaban J connectivity index is 2.53. The molecule has 1 unspecified atom stereocenters. The predicted octanol–water partition coefficient (Wildman–Crippen LogP) is 3.79. The van der Waals surface area contributed by atoms with Crippen LogP contribution in [0.4, 0.5) is 0 Å². The molecule has 0 aliphatic rings. The fraction of sp³-hybridized carbons (Fsp3) is 0.533. The number of rotatable bonds is 5. The minimum Gasteiger partial charge on any atom is -0.466 e. The second-order valence-electron chi connectivity index (χ2n) is 5.14. The minimum absolute atomic E-state index is 0.0919. The Hall–Kier alpha value is -1.07. The van der Waals surface area contributed by atoms with Crippen LogP contribution in [0.2, 0.25) is 0 Å². The van der Waals surface area contributed by atoms with E-state index in [9.17, 15) is 0 Å². The summed E-state index contributed by atoms with van der Waals surface area (Å²) in [6.07, 6.45) is 2.93. The van der Waals surface area contributed by atoms with Crippen LogP contribution in [0, 0.1) is 20.8 Å². The van der Waals surface area contributed by atoms with E-state index in [1.807, 2.05) is 31.8 Å². The molecular formula is C15H22BrN3O. The van der Waals surface area contributed by atoms with Crippen LogP contribution in [0.25, 0.3) is 0 Å². The molecule has 1 atom stereocenters. The van der Waals surface area contributed by atoms with Gasteiger partial charge in [0.15, 0.2) is 0 Å². The van der Waals surface area contributed by atoms with E-state index in [-0.39, 0.29) is 6.04 Å². The standard InChI is InChI=1S/C15H22BrN3O/c1-6-7-17-14(15-12(16)8-18-19(15)5)13-9(2)10(3)20-11(13)4/h8,14,17H,6-7H2,1-5H3. The Morgan fingerprint density at radius 2 is 2.05 bits per heavy atom. The van der Waals surface area contributed by atoms with E-state index in [1.54, 1.807) is 0 Å². The molecule has 0 saturated heterocycles. The Morgan fingerprint density at radius 3 is 2.50 bits per heavy atom. The summed E-state index contributed by atoms with van der Waals surface area (Å²) in [6.45, 7) is 9.28. The number of aromatic nitrogens is 2. The second-order valence-corrected chi connectivity index (χ2v) is 6.00. The Morgan fingerprint density at radius 1 is 1.35 bits per heavy atom. The summed E-state index contributed by atoms with van der Waals surface area (Å²) in [5.41, 5.74) is 3.56. The van der Waals surface area contributed by atoms with Gasteiger partial charge in [0.05, 0.1) is 22.4 Å². The van der Waals surface area contributed by atoms with Crippen molar-refractivity contribution in [2.45, 2.75) is 40.2 Å². The molecule has 2 aromatic heterocycles. The van der Waals surface area contributed by atoms with E-state index >= 15 is 0 Å². The van der Waals surface area contributed by atoms with Crippen molar-refractivity contribution in [1.29, 1.82) is 0 Å². The van der Waals surface area contributed by atoms with Crippen molar-refractivity contribution in [3.8, 4) is 0 Å². The van der Waals surface area contributed by atoms with E-state index in [1.165, 1.54) is 11.1 Å². The molecule has 4 nitrogen and oxygen atoms in total. The minimum atomic E-state index is 0.0919. The number of furan rings is 1. The average molecular weight is 340 g/mol. The first-order valence-electron chi connectivity index (χ1n) is 6.94. The van der Waals surface area contributed by atoms with Crippen molar-refractivity contribution in [2.75, 3.05) is 6.54 Å². The van der Waals surface area contributed by atoms with Crippen LogP contribution in [0.1, 0.15) is 47.7 Å². The molecule has 110 valence electrons. The molecule has 0 amide bonds. The fourth-order valence-electron chi connectivity index (χ4n) is 2.60. The summed E-state index contributed by atoms with van der Waals surface area (Å²) < 4.78 is 8.73. The first kappa shape index (κ1) is 15.3. The van der Waals surface area contributed by atoms with Gasteiger partial charge in [-0.1, -0.05) is 6.92 Å². The molecule has 0 aliphatic carbocycles. The van der Waals surface area contributed by atoms with Crippen LogP contribution in [0.3, 0.4) is 0 Å². The molecule has 0 fully saturated rings. The van der Waals surface area contributed by atoms with Gasteiger partial charge in [0.2, 0.25) is 0 Å². The van der Waals surface area contributed by atoms with Crippen molar-refractivity contribution < 1.29 is 4.42 Å². The van der Waals surface area contributed by atoms with Gasteiger partial charge in [-0.25, -0.2) is 0 Å². The summed E-state index contributed by atoms with van der Waals surface area (Å²) in [5.74, 6) is 1.96. The summed E-state index contributed by atoms with van der Waals surface area (Å²) in [5, 5.41) is 7.95. The highest BCUT2D eigenvalue weighted by Gasteiger charge is 2.26. The highest BCUT2D eigenvalue weighted by atomic mass is 79.9. The number of halogens is 1. The van der Waals surface area contributed by atoms with Gasteiger partial charge >= 0.3 is 0 Å². The lowest BCUT2D eigenvalue weighted by Crippen LogP contribution is -2.26. The lowest BCUT2D eigenvalue weighted by Gasteiger charge is -2.20. The van der Waals surface area contributed by atoms with Crippen LogP contribution >= 0.6 is 15.9 Å². The smallest absolute Gasteiger partial charge is 0.106 e. The van der Waals surface area contributed by atoms with Gasteiger partial charge in [-0.2, -0.15) is 5.10 Å². The van der Waals surface area contributed by atoms with Gasteiger partial charge in [0, 0.05) is 12.6 Å². The maximum atomic E-state index is 5.80. The van der Waals surface area contributed by atoms with Crippen molar-refractivity contribution in [1.82, 2.24) is 15.1 Å². The lowest BCUT2D eigenvalue weighted by atomic mass is 9.99. The molecule has 1 N–H and O–H groups in total. The van der Waals surface area contributed by atoms with Crippen LogP contribution in [-0.2, 0) is 7.05 Å². The van der Waals surface area contributed by atoms with Gasteiger partial charge in [-0.3, -0.25) is 4.68 Å². The monoisotopic (exact) mass is 339 g/mol. The third-order valence-corrected chi connectivity index (χ3v) is 4.33. The number of hydrogen-bond acceptors (Lipinski definition) is 3. The largest absolute Gasteiger partial charge is 0.466 e. The Bertz CT molecular complexity index is 581. The summed E-state index contributed by atoms with van der Waals surface area (Å²) in [7, 11) is 1.97. The topological polar surface area (TPSA) is 43.0 Å². The number of nitrogens with zero attached hydrogens (tertiary/aromatic N) is 2. The van der Waals surface area contributed by atoms with Gasteiger partial charge in [0.1, 0.15) is 11.5 Å². The second kappa shape index (κ2) is 6.14. The molecule has 0 bridgehead atoms. The van der Waals surface area contributed by atoms with Gasteiger partial charge in [-0.05, 0) is 55.2 Å². The Kier molecular flexibility index (Phi) is 4.70. The molecule has 0 aliphatic heterocycles. The van der Waals surface area contributed by atoms with Crippen molar-refractivity contribution in [3.63, 3.8) is 0 Å². The lowest BCUT2D eigenvalue weighted by molar-refractivity contribution is 0.488. The van der Waals surface area contributed by atoms with E-state index in [4.69, 9.17) is 4.42 Å². The van der Waals surface area contributed by atoms with Crippen LogP contribution in [0.15, 0.2) is 15.1 Å². The molecule has 0 saturated carbocycles. The summed E-state index contributed by atoms with van der Waals surface area (Å²) in [4.78, 5) is 0. The first-order valence-corrected chi connectivity index (χ1v) is 7.73. The molecule has 2 aromatic rings. The molecule has 0 spiro atoms. The van der Waals surface area contributed by atoms with E-state index in [0.29, 0.717) is 0 Å². The molecule has 2 heterocycles. The number of nitrogens with one attached hydrogen (secondary N) is 1. The van der Waals surface area contributed by atoms with Crippen LogP contribution in [0.5, 0.6) is 0 Å². The molecule has 20 heavy (non-hydrogen) atoms. The zero-order valence-electron chi connectivity index (χ0n) is 12.7. The summed E-state index contributed by atoms with van der Waals surface area (Å²) in [6, 6.07) is 0.0919. The van der Waals surface area contributed by atoms with Crippen LogP contribution < -0.4 is 5.32 Å².